The van der Waals surface area contributed by atoms with E-state index < -0.39 is 0 Å². The number of hydrogen-bond acceptors (Lipinski definition) is 5. The molecule has 0 spiro atoms. The molecule has 0 atom stereocenters. The predicted molar refractivity (Wildman–Crippen MR) is 148 cm³/mol. The van der Waals surface area contributed by atoms with E-state index in [1.165, 1.54) is 5.56 Å². The number of likely N-dealkylation sites (N-methyl/N-ethyl adjacent to an activating group) is 1. The fraction of sp³-hybridized carbons (Fsp3) is 0.520. The fourth-order valence-corrected chi connectivity index (χ4v) is 3.63. The van der Waals surface area contributed by atoms with Crippen LogP contribution in [0.15, 0.2) is 41.5 Å². The van der Waals surface area contributed by atoms with Crippen LogP contribution < -0.4 is 20.3 Å². The SMILES string of the molecule is CCNC(=NCc1ccnc(N2CCN(C)CC2)c1)NCc1ccc(C)cc1OC(C)C.I. The van der Waals surface area contributed by atoms with E-state index in [0.29, 0.717) is 13.1 Å². The van der Waals surface area contributed by atoms with Crippen molar-refractivity contribution in [1.82, 2.24) is 20.5 Å². The van der Waals surface area contributed by atoms with Crippen LogP contribution in [-0.4, -0.2) is 61.7 Å². The number of anilines is 1. The number of aliphatic imine (C=N–C) groups is 1. The average Bonchev–Trinajstić information content (AvgIpc) is 2.77. The predicted octanol–water partition coefficient (Wildman–Crippen LogP) is 3.80. The van der Waals surface area contributed by atoms with E-state index in [9.17, 15) is 0 Å². The lowest BCUT2D eigenvalue weighted by molar-refractivity contribution is 0.239. The summed E-state index contributed by atoms with van der Waals surface area (Å²) in [5.74, 6) is 2.76. The van der Waals surface area contributed by atoms with Gasteiger partial charge in [-0.3, -0.25) is 0 Å². The Bertz CT molecular complexity index is 896. The molecule has 0 unspecified atom stereocenters. The highest BCUT2D eigenvalue weighted by atomic mass is 127. The smallest absolute Gasteiger partial charge is 0.191 e. The Balaban J connectivity index is 0.00000385. The zero-order valence-electron chi connectivity index (χ0n) is 20.6. The summed E-state index contributed by atoms with van der Waals surface area (Å²) in [6, 6.07) is 10.5. The number of benzene rings is 1. The summed E-state index contributed by atoms with van der Waals surface area (Å²) in [6.07, 6.45) is 2.03. The molecule has 2 aromatic rings. The molecule has 1 aliphatic rings. The van der Waals surface area contributed by atoms with Crippen molar-refractivity contribution in [3.05, 3.63) is 53.2 Å². The maximum Gasteiger partial charge on any atom is 0.191 e. The number of guanidine groups is 1. The van der Waals surface area contributed by atoms with Crippen LogP contribution in [0, 0.1) is 6.92 Å². The van der Waals surface area contributed by atoms with Crippen molar-refractivity contribution in [2.24, 2.45) is 4.99 Å². The number of aryl methyl sites for hydroxylation is 1. The minimum absolute atomic E-state index is 0. The van der Waals surface area contributed by atoms with Crippen LogP contribution in [0.2, 0.25) is 0 Å². The molecule has 1 aromatic heterocycles. The first-order valence-electron chi connectivity index (χ1n) is 11.6. The lowest BCUT2D eigenvalue weighted by Crippen LogP contribution is -2.44. The molecule has 0 amide bonds. The van der Waals surface area contributed by atoms with Crippen molar-refractivity contribution in [2.75, 3.05) is 44.7 Å². The van der Waals surface area contributed by atoms with Crippen molar-refractivity contribution in [1.29, 1.82) is 0 Å². The molecule has 1 aromatic carbocycles. The first-order valence-corrected chi connectivity index (χ1v) is 11.6. The molecule has 1 saturated heterocycles. The van der Waals surface area contributed by atoms with Crippen LogP contribution in [0.25, 0.3) is 0 Å². The maximum atomic E-state index is 6.01. The largest absolute Gasteiger partial charge is 0.491 e. The van der Waals surface area contributed by atoms with Gasteiger partial charge < -0.3 is 25.2 Å². The molecule has 0 radical (unpaired) electrons. The van der Waals surface area contributed by atoms with E-state index in [0.717, 1.165) is 61.4 Å². The number of pyridine rings is 1. The minimum atomic E-state index is 0. The monoisotopic (exact) mass is 566 g/mol. The number of halogens is 1. The zero-order chi connectivity index (χ0) is 22.9. The van der Waals surface area contributed by atoms with Crippen LogP contribution >= 0.6 is 24.0 Å². The van der Waals surface area contributed by atoms with Gasteiger partial charge in [0.2, 0.25) is 0 Å². The van der Waals surface area contributed by atoms with Crippen molar-refractivity contribution in [2.45, 2.75) is 46.9 Å². The van der Waals surface area contributed by atoms with Gasteiger partial charge in [0, 0.05) is 51.0 Å². The molecule has 8 heteroatoms. The number of rotatable bonds is 8. The summed E-state index contributed by atoms with van der Waals surface area (Å²) in [7, 11) is 2.17. The van der Waals surface area contributed by atoms with Gasteiger partial charge in [-0.05, 0) is 64.1 Å². The van der Waals surface area contributed by atoms with Gasteiger partial charge in [-0.1, -0.05) is 12.1 Å². The Kier molecular flexibility index (Phi) is 11.2. The Morgan fingerprint density at radius 2 is 1.88 bits per heavy atom. The molecule has 182 valence electrons. The summed E-state index contributed by atoms with van der Waals surface area (Å²) in [5, 5.41) is 6.79. The highest BCUT2D eigenvalue weighted by Gasteiger charge is 2.15. The lowest BCUT2D eigenvalue weighted by atomic mass is 10.1. The number of ether oxygens (including phenoxy) is 1. The number of piperazine rings is 1. The molecule has 2 N–H and O–H groups in total. The van der Waals surface area contributed by atoms with Crippen LogP contribution in [0.3, 0.4) is 0 Å². The zero-order valence-corrected chi connectivity index (χ0v) is 22.9. The van der Waals surface area contributed by atoms with E-state index >= 15 is 0 Å². The fourth-order valence-electron chi connectivity index (χ4n) is 3.63. The molecular formula is C25H39IN6O. The number of hydrogen-bond donors (Lipinski definition) is 2. The molecule has 3 rings (SSSR count). The third-order valence-electron chi connectivity index (χ3n) is 5.43. The van der Waals surface area contributed by atoms with Gasteiger partial charge in [0.1, 0.15) is 11.6 Å². The number of nitrogens with one attached hydrogen (secondary N) is 2. The summed E-state index contributed by atoms with van der Waals surface area (Å²) in [6.45, 7) is 14.5. The lowest BCUT2D eigenvalue weighted by Gasteiger charge is -2.33. The van der Waals surface area contributed by atoms with E-state index in [2.05, 4.69) is 84.4 Å². The summed E-state index contributed by atoms with van der Waals surface area (Å²) >= 11 is 0. The minimum Gasteiger partial charge on any atom is -0.491 e. The van der Waals surface area contributed by atoms with Gasteiger partial charge in [0.05, 0.1) is 12.6 Å². The van der Waals surface area contributed by atoms with Crippen molar-refractivity contribution in [3.63, 3.8) is 0 Å². The highest BCUT2D eigenvalue weighted by Crippen LogP contribution is 2.21. The molecule has 1 fully saturated rings. The van der Waals surface area contributed by atoms with Gasteiger partial charge in [0.25, 0.3) is 0 Å². The van der Waals surface area contributed by atoms with Gasteiger partial charge in [-0.15, -0.1) is 24.0 Å². The Labute approximate surface area is 216 Å². The Morgan fingerprint density at radius 1 is 1.12 bits per heavy atom. The average molecular weight is 567 g/mol. The second-order valence-electron chi connectivity index (χ2n) is 8.64. The highest BCUT2D eigenvalue weighted by molar-refractivity contribution is 14.0. The quantitative estimate of drug-likeness (QED) is 0.288. The third-order valence-corrected chi connectivity index (χ3v) is 5.43. The van der Waals surface area contributed by atoms with E-state index in [4.69, 9.17) is 9.73 Å². The number of aromatic nitrogens is 1. The number of nitrogens with zero attached hydrogens (tertiary/aromatic N) is 4. The summed E-state index contributed by atoms with van der Waals surface area (Å²) in [5.41, 5.74) is 3.47. The van der Waals surface area contributed by atoms with Crippen molar-refractivity contribution >= 4 is 35.8 Å². The van der Waals surface area contributed by atoms with E-state index in [1.54, 1.807) is 0 Å². The first-order chi connectivity index (χ1) is 15.4. The van der Waals surface area contributed by atoms with Crippen LogP contribution in [-0.2, 0) is 13.1 Å². The molecule has 7 nitrogen and oxygen atoms in total. The van der Waals surface area contributed by atoms with E-state index in [-0.39, 0.29) is 30.1 Å². The summed E-state index contributed by atoms with van der Waals surface area (Å²) < 4.78 is 6.01. The van der Waals surface area contributed by atoms with Crippen molar-refractivity contribution < 1.29 is 4.74 Å². The summed E-state index contributed by atoms with van der Waals surface area (Å²) in [4.78, 5) is 14.1. The van der Waals surface area contributed by atoms with Gasteiger partial charge in [-0.2, -0.15) is 0 Å². The normalized spacial score (nSPS) is 14.7. The van der Waals surface area contributed by atoms with Crippen molar-refractivity contribution in [3.8, 4) is 5.75 Å². The second-order valence-corrected chi connectivity index (χ2v) is 8.64. The molecule has 0 saturated carbocycles. The molecule has 33 heavy (non-hydrogen) atoms. The Morgan fingerprint density at radius 3 is 2.58 bits per heavy atom. The standard InChI is InChI=1S/C25H38N6O.HI/c1-6-26-25(29-18-22-8-7-20(4)15-23(22)32-19(2)3)28-17-21-9-10-27-24(16-21)31-13-11-30(5)12-14-31;/h7-10,15-16,19H,6,11-14,17-18H2,1-5H3,(H2,26,28,29);1H. The van der Waals surface area contributed by atoms with Gasteiger partial charge in [0.15, 0.2) is 5.96 Å². The third kappa shape index (κ3) is 8.66. The maximum absolute atomic E-state index is 6.01. The second kappa shape index (κ2) is 13.6. The van der Waals surface area contributed by atoms with Gasteiger partial charge >= 0.3 is 0 Å². The molecular weight excluding hydrogens is 527 g/mol. The van der Waals surface area contributed by atoms with Crippen LogP contribution in [0.5, 0.6) is 5.75 Å². The van der Waals surface area contributed by atoms with Crippen LogP contribution in [0.1, 0.15) is 37.5 Å². The van der Waals surface area contributed by atoms with Gasteiger partial charge in [-0.25, -0.2) is 9.98 Å². The first kappa shape index (κ1) is 27.2. The molecule has 0 bridgehead atoms. The molecule has 0 aliphatic carbocycles. The van der Waals surface area contributed by atoms with Crippen LogP contribution in [0.4, 0.5) is 5.82 Å². The molecule has 1 aliphatic heterocycles. The van der Waals surface area contributed by atoms with E-state index in [1.807, 2.05) is 12.3 Å². The molecule has 2 heterocycles. The Hall–Kier alpha value is -2.07. The topological polar surface area (TPSA) is 65.0 Å².